The maximum Gasteiger partial charge on any atom is 0.213 e. The van der Waals surface area contributed by atoms with Gasteiger partial charge in [0.05, 0.1) is 18.2 Å². The number of rotatable bonds is 5. The van der Waals surface area contributed by atoms with Crippen LogP contribution in [-0.2, 0) is 6.54 Å². The number of benzene rings is 1. The molecule has 2 rings (SSSR count). The molecule has 2 N–H and O–H groups in total. The number of nitrogens with one attached hydrogen (secondary N) is 1. The van der Waals surface area contributed by atoms with Crippen LogP contribution in [0.5, 0.6) is 0 Å². The Morgan fingerprint density at radius 1 is 1.33 bits per heavy atom. The van der Waals surface area contributed by atoms with Crippen LogP contribution >= 0.6 is 0 Å². The predicted octanol–water partition coefficient (Wildman–Crippen LogP) is 1.17. The van der Waals surface area contributed by atoms with Crippen LogP contribution in [0.15, 0.2) is 29.1 Å². The summed E-state index contributed by atoms with van der Waals surface area (Å²) < 4.78 is 31.2. The molecule has 1 aromatic heterocycles. The van der Waals surface area contributed by atoms with E-state index in [0.29, 0.717) is 5.82 Å². The molecule has 5 nitrogen and oxygen atoms in total. The van der Waals surface area contributed by atoms with E-state index < -0.39 is 17.7 Å². The number of hydrogen-bond acceptors (Lipinski definition) is 5. The first-order valence-electron chi connectivity index (χ1n) is 5.26. The lowest BCUT2D eigenvalue weighted by Crippen LogP contribution is -2.23. The van der Waals surface area contributed by atoms with Gasteiger partial charge in [0.2, 0.25) is 6.39 Å². The molecule has 0 radical (unpaired) electrons. The fraction of sp³-hybridized carbons (Fsp3) is 0.273. The molecule has 0 saturated heterocycles. The Bertz CT molecular complexity index is 485. The van der Waals surface area contributed by atoms with Crippen LogP contribution in [-0.4, -0.2) is 21.8 Å². The maximum absolute atomic E-state index is 13.3. The third kappa shape index (κ3) is 2.88. The van der Waals surface area contributed by atoms with E-state index in [0.717, 1.165) is 12.1 Å². The van der Waals surface area contributed by atoms with Crippen molar-refractivity contribution in [1.29, 1.82) is 0 Å². The van der Waals surface area contributed by atoms with E-state index in [1.54, 1.807) is 0 Å². The van der Waals surface area contributed by atoms with E-state index in [9.17, 15) is 13.9 Å². The topological polar surface area (TPSA) is 71.2 Å². The monoisotopic (exact) mass is 255 g/mol. The first kappa shape index (κ1) is 12.6. The second-order valence-corrected chi connectivity index (χ2v) is 3.63. The van der Waals surface area contributed by atoms with Gasteiger partial charge in [0.1, 0.15) is 11.6 Å². The lowest BCUT2D eigenvalue weighted by atomic mass is 10.1. The SMILES string of the molecule is OC(CNCc1ncon1)c1c(F)cccc1F. The molecule has 0 amide bonds. The van der Waals surface area contributed by atoms with Crippen molar-refractivity contribution in [3.63, 3.8) is 0 Å². The highest BCUT2D eigenvalue weighted by molar-refractivity contribution is 5.22. The van der Waals surface area contributed by atoms with Gasteiger partial charge in [-0.15, -0.1) is 0 Å². The maximum atomic E-state index is 13.3. The highest BCUT2D eigenvalue weighted by Crippen LogP contribution is 2.19. The van der Waals surface area contributed by atoms with Gasteiger partial charge in [-0.05, 0) is 12.1 Å². The van der Waals surface area contributed by atoms with Crippen molar-refractivity contribution < 1.29 is 18.4 Å². The van der Waals surface area contributed by atoms with Gasteiger partial charge in [0.25, 0.3) is 0 Å². The summed E-state index contributed by atoms with van der Waals surface area (Å²) in [5, 5.41) is 16.0. The van der Waals surface area contributed by atoms with E-state index in [-0.39, 0.29) is 18.7 Å². The van der Waals surface area contributed by atoms with Crippen molar-refractivity contribution >= 4 is 0 Å². The second kappa shape index (κ2) is 5.65. The summed E-state index contributed by atoms with van der Waals surface area (Å²) in [6, 6.07) is 3.44. The normalized spacial score (nSPS) is 12.6. The minimum Gasteiger partial charge on any atom is -0.387 e. The molecule has 0 saturated carbocycles. The van der Waals surface area contributed by atoms with Crippen LogP contribution in [0.25, 0.3) is 0 Å². The molecule has 1 atom stereocenters. The molecular weight excluding hydrogens is 244 g/mol. The van der Waals surface area contributed by atoms with Crippen LogP contribution in [0.4, 0.5) is 8.78 Å². The summed E-state index contributed by atoms with van der Waals surface area (Å²) in [5.74, 6) is -1.15. The summed E-state index contributed by atoms with van der Waals surface area (Å²) >= 11 is 0. The van der Waals surface area contributed by atoms with E-state index in [4.69, 9.17) is 0 Å². The standard InChI is InChI=1S/C11H11F2N3O2/c12-7-2-1-3-8(13)11(7)9(17)4-14-5-10-15-6-18-16-10/h1-3,6,9,14,17H,4-5H2. The van der Waals surface area contributed by atoms with Crippen LogP contribution in [0.2, 0.25) is 0 Å². The number of aliphatic hydroxyl groups is 1. The van der Waals surface area contributed by atoms with Gasteiger partial charge in [-0.25, -0.2) is 8.78 Å². The fourth-order valence-electron chi connectivity index (χ4n) is 1.52. The zero-order valence-electron chi connectivity index (χ0n) is 9.31. The Hall–Kier alpha value is -1.86. The molecule has 96 valence electrons. The quantitative estimate of drug-likeness (QED) is 0.839. The van der Waals surface area contributed by atoms with Gasteiger partial charge < -0.3 is 14.9 Å². The lowest BCUT2D eigenvalue weighted by molar-refractivity contribution is 0.164. The van der Waals surface area contributed by atoms with Crippen molar-refractivity contribution in [2.45, 2.75) is 12.6 Å². The number of aliphatic hydroxyl groups excluding tert-OH is 1. The highest BCUT2D eigenvalue weighted by atomic mass is 19.1. The van der Waals surface area contributed by atoms with E-state index >= 15 is 0 Å². The van der Waals surface area contributed by atoms with Gasteiger partial charge in [-0.1, -0.05) is 11.2 Å². The molecule has 0 aliphatic rings. The molecule has 1 unspecified atom stereocenters. The third-order valence-electron chi connectivity index (χ3n) is 2.36. The Balaban J connectivity index is 1.93. The molecule has 0 aliphatic carbocycles. The Morgan fingerprint density at radius 3 is 2.67 bits per heavy atom. The van der Waals surface area contributed by atoms with Crippen molar-refractivity contribution in [1.82, 2.24) is 15.5 Å². The van der Waals surface area contributed by atoms with E-state index in [1.807, 2.05) is 0 Å². The number of halogens is 2. The molecule has 0 aliphatic heterocycles. The molecule has 2 aromatic rings. The molecule has 0 fully saturated rings. The van der Waals surface area contributed by atoms with Gasteiger partial charge in [-0.2, -0.15) is 4.98 Å². The van der Waals surface area contributed by atoms with Gasteiger partial charge >= 0.3 is 0 Å². The summed E-state index contributed by atoms with van der Waals surface area (Å²) in [4.78, 5) is 3.75. The summed E-state index contributed by atoms with van der Waals surface area (Å²) in [5.41, 5.74) is -0.349. The minimum atomic E-state index is -1.28. The Morgan fingerprint density at radius 2 is 2.06 bits per heavy atom. The minimum absolute atomic E-state index is 0.0214. The smallest absolute Gasteiger partial charge is 0.213 e. The van der Waals surface area contributed by atoms with Crippen LogP contribution in [0.1, 0.15) is 17.5 Å². The van der Waals surface area contributed by atoms with Crippen molar-refractivity contribution in [3.8, 4) is 0 Å². The third-order valence-corrected chi connectivity index (χ3v) is 2.36. The Kier molecular flexibility index (Phi) is 3.96. The first-order valence-corrected chi connectivity index (χ1v) is 5.26. The second-order valence-electron chi connectivity index (χ2n) is 3.63. The lowest BCUT2D eigenvalue weighted by Gasteiger charge is -2.13. The van der Waals surface area contributed by atoms with E-state index in [2.05, 4.69) is 20.0 Å². The van der Waals surface area contributed by atoms with Crippen molar-refractivity contribution in [3.05, 3.63) is 47.6 Å². The highest BCUT2D eigenvalue weighted by Gasteiger charge is 2.17. The van der Waals surface area contributed by atoms with Gasteiger partial charge in [0.15, 0.2) is 5.82 Å². The van der Waals surface area contributed by atoms with E-state index in [1.165, 1.54) is 12.5 Å². The number of nitrogens with zero attached hydrogens (tertiary/aromatic N) is 2. The van der Waals surface area contributed by atoms with Crippen LogP contribution in [0.3, 0.4) is 0 Å². The molecule has 1 aromatic carbocycles. The van der Waals surface area contributed by atoms with Crippen LogP contribution in [0, 0.1) is 11.6 Å². The van der Waals surface area contributed by atoms with Gasteiger partial charge in [-0.3, -0.25) is 0 Å². The molecule has 0 spiro atoms. The average Bonchev–Trinajstić information content (AvgIpc) is 2.82. The van der Waals surface area contributed by atoms with Crippen molar-refractivity contribution in [2.75, 3.05) is 6.54 Å². The zero-order valence-corrected chi connectivity index (χ0v) is 9.31. The summed E-state index contributed by atoms with van der Waals surface area (Å²) in [6.07, 6.45) is -0.109. The molecule has 0 bridgehead atoms. The first-order chi connectivity index (χ1) is 8.68. The number of aromatic nitrogens is 2. The van der Waals surface area contributed by atoms with Crippen molar-refractivity contribution in [2.24, 2.45) is 0 Å². The summed E-state index contributed by atoms with van der Waals surface area (Å²) in [7, 11) is 0. The predicted molar refractivity (Wildman–Crippen MR) is 57.3 cm³/mol. The molecule has 1 heterocycles. The Labute approximate surface area is 101 Å². The molecular formula is C11H11F2N3O2. The average molecular weight is 255 g/mol. The fourth-order valence-corrected chi connectivity index (χ4v) is 1.52. The molecule has 18 heavy (non-hydrogen) atoms. The zero-order chi connectivity index (χ0) is 13.0. The molecule has 7 heteroatoms. The van der Waals surface area contributed by atoms with Crippen LogP contribution < -0.4 is 5.32 Å². The largest absolute Gasteiger partial charge is 0.387 e. The van der Waals surface area contributed by atoms with Gasteiger partial charge in [0, 0.05) is 6.54 Å². The summed E-state index contributed by atoms with van der Waals surface area (Å²) in [6.45, 7) is 0.218. The number of hydrogen-bond donors (Lipinski definition) is 2.